The maximum Gasteiger partial charge on any atom is 0.153 e. The lowest BCUT2D eigenvalue weighted by Gasteiger charge is -2.25. The van der Waals surface area contributed by atoms with E-state index in [1.165, 1.54) is 12.3 Å². The van der Waals surface area contributed by atoms with Crippen molar-refractivity contribution in [3.8, 4) is 6.07 Å². The number of nitriles is 1. The second-order valence-electron chi connectivity index (χ2n) is 4.38. The molecule has 0 saturated carbocycles. The SMILES string of the molecule is CN(c1nccc(C#N)c1N)C1CCS(=O)(=O)C1. The molecule has 96 valence electrons. The summed E-state index contributed by atoms with van der Waals surface area (Å²) >= 11 is 0. The van der Waals surface area contributed by atoms with Crippen LogP contribution >= 0.6 is 0 Å². The number of nitrogens with zero attached hydrogens (tertiary/aromatic N) is 3. The highest BCUT2D eigenvalue weighted by molar-refractivity contribution is 7.91. The molecular weight excluding hydrogens is 252 g/mol. The van der Waals surface area contributed by atoms with Crippen LogP contribution in [0.3, 0.4) is 0 Å². The first kappa shape index (κ1) is 12.6. The van der Waals surface area contributed by atoms with Gasteiger partial charge in [0.25, 0.3) is 0 Å². The number of pyridine rings is 1. The number of rotatable bonds is 2. The number of anilines is 2. The van der Waals surface area contributed by atoms with Crippen LogP contribution in [0.5, 0.6) is 0 Å². The molecule has 0 radical (unpaired) electrons. The summed E-state index contributed by atoms with van der Waals surface area (Å²) < 4.78 is 22.9. The second kappa shape index (κ2) is 4.46. The van der Waals surface area contributed by atoms with Gasteiger partial charge in [-0.2, -0.15) is 5.26 Å². The molecular formula is C11H14N4O2S. The molecule has 1 fully saturated rings. The van der Waals surface area contributed by atoms with E-state index in [2.05, 4.69) is 4.98 Å². The third-order valence-electron chi connectivity index (χ3n) is 3.18. The molecule has 2 N–H and O–H groups in total. The zero-order chi connectivity index (χ0) is 13.3. The first-order chi connectivity index (χ1) is 8.44. The van der Waals surface area contributed by atoms with Gasteiger partial charge >= 0.3 is 0 Å². The molecule has 1 aliphatic heterocycles. The smallest absolute Gasteiger partial charge is 0.153 e. The van der Waals surface area contributed by atoms with E-state index >= 15 is 0 Å². The van der Waals surface area contributed by atoms with Gasteiger partial charge in [0.1, 0.15) is 6.07 Å². The average molecular weight is 266 g/mol. The maximum absolute atomic E-state index is 11.5. The Bertz CT molecular complexity index is 606. The predicted molar refractivity (Wildman–Crippen MR) is 68.8 cm³/mol. The zero-order valence-electron chi connectivity index (χ0n) is 10.00. The number of nitrogens with two attached hydrogens (primary N) is 1. The fourth-order valence-electron chi connectivity index (χ4n) is 2.09. The van der Waals surface area contributed by atoms with Crippen molar-refractivity contribution in [1.29, 1.82) is 5.26 Å². The lowest BCUT2D eigenvalue weighted by atomic mass is 10.2. The Morgan fingerprint density at radius 1 is 1.61 bits per heavy atom. The number of aromatic nitrogens is 1. The Hall–Kier alpha value is -1.81. The Balaban J connectivity index is 2.31. The molecule has 0 spiro atoms. The minimum Gasteiger partial charge on any atom is -0.395 e. The van der Waals surface area contributed by atoms with Crippen LogP contribution in [0.2, 0.25) is 0 Å². The number of hydrogen-bond acceptors (Lipinski definition) is 6. The predicted octanol–water partition coefficient (Wildman–Crippen LogP) is 0.159. The molecule has 1 unspecified atom stereocenters. The van der Waals surface area contributed by atoms with Gasteiger partial charge in [0.15, 0.2) is 15.7 Å². The highest BCUT2D eigenvalue weighted by Gasteiger charge is 2.32. The van der Waals surface area contributed by atoms with Crippen molar-refractivity contribution < 1.29 is 8.42 Å². The van der Waals surface area contributed by atoms with Crippen LogP contribution < -0.4 is 10.6 Å². The van der Waals surface area contributed by atoms with Crippen LogP contribution in [0.25, 0.3) is 0 Å². The monoisotopic (exact) mass is 266 g/mol. The lowest BCUT2D eigenvalue weighted by molar-refractivity contribution is 0.600. The van der Waals surface area contributed by atoms with Crippen molar-refractivity contribution in [3.05, 3.63) is 17.8 Å². The summed E-state index contributed by atoms with van der Waals surface area (Å²) in [5.74, 6) is 0.775. The van der Waals surface area contributed by atoms with E-state index in [1.54, 1.807) is 11.9 Å². The van der Waals surface area contributed by atoms with Gasteiger partial charge in [-0.15, -0.1) is 0 Å². The summed E-state index contributed by atoms with van der Waals surface area (Å²) in [7, 11) is -1.20. The second-order valence-corrected chi connectivity index (χ2v) is 6.60. The van der Waals surface area contributed by atoms with E-state index in [-0.39, 0.29) is 17.5 Å². The molecule has 6 nitrogen and oxygen atoms in total. The summed E-state index contributed by atoms with van der Waals surface area (Å²) in [6.07, 6.45) is 2.07. The molecule has 2 rings (SSSR count). The van der Waals surface area contributed by atoms with E-state index in [0.717, 1.165) is 0 Å². The van der Waals surface area contributed by atoms with E-state index in [9.17, 15) is 8.42 Å². The molecule has 0 aliphatic carbocycles. The van der Waals surface area contributed by atoms with Crippen molar-refractivity contribution in [3.63, 3.8) is 0 Å². The number of hydrogen-bond donors (Lipinski definition) is 1. The maximum atomic E-state index is 11.5. The van der Waals surface area contributed by atoms with Crippen molar-refractivity contribution in [2.75, 3.05) is 29.2 Å². The Labute approximate surface area is 106 Å². The van der Waals surface area contributed by atoms with Gasteiger partial charge in [0.2, 0.25) is 0 Å². The fourth-order valence-corrected chi connectivity index (χ4v) is 3.87. The normalized spacial score (nSPS) is 21.4. The van der Waals surface area contributed by atoms with Gasteiger partial charge in [-0.25, -0.2) is 13.4 Å². The summed E-state index contributed by atoms with van der Waals surface area (Å²) in [6.45, 7) is 0. The Kier molecular flexibility index (Phi) is 3.13. The van der Waals surface area contributed by atoms with Crippen LogP contribution in [0.1, 0.15) is 12.0 Å². The highest BCUT2D eigenvalue weighted by Crippen LogP contribution is 2.27. The van der Waals surface area contributed by atoms with Gasteiger partial charge in [-0.05, 0) is 12.5 Å². The van der Waals surface area contributed by atoms with E-state index in [4.69, 9.17) is 11.0 Å². The minimum atomic E-state index is -2.95. The number of nitrogen functional groups attached to an aromatic ring is 1. The summed E-state index contributed by atoms with van der Waals surface area (Å²) in [6, 6.07) is 3.40. The van der Waals surface area contributed by atoms with Gasteiger partial charge in [-0.3, -0.25) is 0 Å². The highest BCUT2D eigenvalue weighted by atomic mass is 32.2. The number of sulfone groups is 1. The molecule has 0 amide bonds. The summed E-state index contributed by atoms with van der Waals surface area (Å²) in [5, 5.41) is 8.90. The molecule has 1 aromatic heterocycles. The van der Waals surface area contributed by atoms with Crippen molar-refractivity contribution in [2.45, 2.75) is 12.5 Å². The van der Waals surface area contributed by atoms with Crippen molar-refractivity contribution >= 4 is 21.3 Å². The molecule has 1 aromatic rings. The van der Waals surface area contributed by atoms with Crippen LogP contribution in [0, 0.1) is 11.3 Å². The zero-order valence-corrected chi connectivity index (χ0v) is 10.8. The molecule has 0 bridgehead atoms. The molecule has 18 heavy (non-hydrogen) atoms. The third kappa shape index (κ3) is 2.24. The fraction of sp³-hybridized carbons (Fsp3) is 0.455. The molecule has 7 heteroatoms. The standard InChI is InChI=1S/C11H14N4O2S/c1-15(9-3-5-18(16,17)7-9)11-10(13)8(6-12)2-4-14-11/h2,4,9H,3,5,7,13H2,1H3. The Morgan fingerprint density at radius 2 is 2.33 bits per heavy atom. The Morgan fingerprint density at radius 3 is 2.89 bits per heavy atom. The first-order valence-corrected chi connectivity index (χ1v) is 7.34. The average Bonchev–Trinajstić information content (AvgIpc) is 2.69. The van der Waals surface area contributed by atoms with Crippen molar-refractivity contribution in [1.82, 2.24) is 4.98 Å². The quantitative estimate of drug-likeness (QED) is 0.818. The van der Waals surface area contributed by atoms with Crippen LogP contribution in [-0.4, -0.2) is 38.0 Å². The van der Waals surface area contributed by atoms with Crippen LogP contribution in [0.4, 0.5) is 11.5 Å². The largest absolute Gasteiger partial charge is 0.395 e. The molecule has 1 aliphatic rings. The van der Waals surface area contributed by atoms with Crippen LogP contribution in [-0.2, 0) is 9.84 Å². The molecule has 0 aromatic carbocycles. The molecule has 1 saturated heterocycles. The van der Waals surface area contributed by atoms with Gasteiger partial charge in [0, 0.05) is 19.3 Å². The van der Waals surface area contributed by atoms with Gasteiger partial charge in [-0.1, -0.05) is 0 Å². The molecule has 2 heterocycles. The topological polar surface area (TPSA) is 100 Å². The van der Waals surface area contributed by atoms with E-state index in [0.29, 0.717) is 23.5 Å². The molecule has 1 atom stereocenters. The third-order valence-corrected chi connectivity index (χ3v) is 4.93. The van der Waals surface area contributed by atoms with E-state index < -0.39 is 9.84 Å². The first-order valence-electron chi connectivity index (χ1n) is 5.52. The van der Waals surface area contributed by atoms with E-state index in [1.807, 2.05) is 6.07 Å². The summed E-state index contributed by atoms with van der Waals surface area (Å²) in [5.41, 5.74) is 6.51. The van der Waals surface area contributed by atoms with Gasteiger partial charge < -0.3 is 10.6 Å². The minimum absolute atomic E-state index is 0.113. The van der Waals surface area contributed by atoms with Gasteiger partial charge in [0.05, 0.1) is 22.8 Å². The lowest BCUT2D eigenvalue weighted by Crippen LogP contribution is -2.33. The van der Waals surface area contributed by atoms with Crippen molar-refractivity contribution in [2.24, 2.45) is 0 Å². The van der Waals surface area contributed by atoms with Crippen LogP contribution in [0.15, 0.2) is 12.3 Å². The summed E-state index contributed by atoms with van der Waals surface area (Å²) in [4.78, 5) is 5.88.